The topological polar surface area (TPSA) is 69.8 Å². The van der Waals surface area contributed by atoms with Crippen LogP contribution in [0.5, 0.6) is 0 Å². The molecule has 0 bridgehead atoms. The number of allylic oxidation sites excluding steroid dienone is 3. The zero-order valence-electron chi connectivity index (χ0n) is 27.4. The summed E-state index contributed by atoms with van der Waals surface area (Å²) in [5.74, 6) is 0.443. The fourth-order valence-electron chi connectivity index (χ4n) is 8.01. The van der Waals surface area contributed by atoms with Gasteiger partial charge in [-0.15, -0.1) is 0 Å². The van der Waals surface area contributed by atoms with Crippen LogP contribution < -0.4 is 5.73 Å². The Morgan fingerprint density at radius 1 is 1.17 bits per heavy atom. The Labute approximate surface area is 252 Å². The van der Waals surface area contributed by atoms with Gasteiger partial charge in [0.05, 0.1) is 6.10 Å². The smallest absolute Gasteiger partial charge is 0.253 e. The number of carbonyl (C=O) groups excluding carboxylic acids is 1. The number of likely N-dealkylation sites (N-methyl/N-ethyl adjacent to an activating group) is 1. The molecule has 0 aromatic carbocycles. The molecule has 0 aromatic heterocycles. The van der Waals surface area contributed by atoms with Gasteiger partial charge < -0.3 is 20.6 Å². The molecule has 0 spiro atoms. The third-order valence-corrected chi connectivity index (χ3v) is 10.4. The van der Waals surface area contributed by atoms with Gasteiger partial charge in [-0.1, -0.05) is 82.9 Å². The number of carbonyl (C=O) groups is 1. The second-order valence-electron chi connectivity index (χ2n) is 13.3. The molecule has 1 aliphatic heterocycles. The van der Waals surface area contributed by atoms with Gasteiger partial charge in [-0.05, 0) is 95.1 Å². The maximum absolute atomic E-state index is 14.0. The van der Waals surface area contributed by atoms with Crippen molar-refractivity contribution in [3.05, 3.63) is 47.1 Å². The van der Waals surface area contributed by atoms with Crippen LogP contribution in [0.1, 0.15) is 119 Å². The molecule has 5 atom stereocenters. The Bertz CT molecular complexity index is 991. The van der Waals surface area contributed by atoms with Crippen LogP contribution in [-0.2, 0) is 4.79 Å². The summed E-state index contributed by atoms with van der Waals surface area (Å²) < 4.78 is 0. The van der Waals surface area contributed by atoms with Gasteiger partial charge in [0.25, 0.3) is 5.91 Å². The Morgan fingerprint density at radius 2 is 1.90 bits per heavy atom. The van der Waals surface area contributed by atoms with Crippen molar-refractivity contribution in [1.29, 1.82) is 0 Å². The van der Waals surface area contributed by atoms with Crippen molar-refractivity contribution in [3.63, 3.8) is 0 Å². The van der Waals surface area contributed by atoms with E-state index in [2.05, 4.69) is 56.6 Å². The van der Waals surface area contributed by atoms with Crippen molar-refractivity contribution >= 4 is 5.91 Å². The van der Waals surface area contributed by atoms with Gasteiger partial charge in [-0.3, -0.25) is 4.79 Å². The number of amides is 1. The quantitative estimate of drug-likeness (QED) is 0.170. The molecule has 41 heavy (non-hydrogen) atoms. The molecule has 1 heterocycles. The zero-order chi connectivity index (χ0) is 30.2. The van der Waals surface area contributed by atoms with Crippen LogP contribution in [0.2, 0.25) is 0 Å². The van der Waals surface area contributed by atoms with Crippen LogP contribution in [0.4, 0.5) is 0 Å². The highest BCUT2D eigenvalue weighted by Gasteiger charge is 2.48. The first-order valence-electron chi connectivity index (χ1n) is 16.8. The lowest BCUT2D eigenvalue weighted by atomic mass is 9.57. The van der Waals surface area contributed by atoms with Gasteiger partial charge in [-0.2, -0.15) is 0 Å². The van der Waals surface area contributed by atoms with E-state index in [1.807, 2.05) is 32.2 Å². The van der Waals surface area contributed by atoms with E-state index in [1.54, 1.807) is 0 Å². The van der Waals surface area contributed by atoms with Gasteiger partial charge in [0.15, 0.2) is 0 Å². The van der Waals surface area contributed by atoms with Crippen LogP contribution in [0, 0.1) is 11.3 Å². The number of hydrogen-bond acceptors (Lipinski definition) is 4. The summed E-state index contributed by atoms with van der Waals surface area (Å²) in [6, 6.07) is 0.579. The Balaban J connectivity index is 2.10. The van der Waals surface area contributed by atoms with Crippen molar-refractivity contribution in [2.75, 3.05) is 20.1 Å². The van der Waals surface area contributed by atoms with Crippen molar-refractivity contribution in [2.45, 2.75) is 142 Å². The van der Waals surface area contributed by atoms with Crippen molar-refractivity contribution in [3.8, 4) is 0 Å². The minimum Gasteiger partial charge on any atom is -0.389 e. The van der Waals surface area contributed by atoms with E-state index >= 15 is 0 Å². The van der Waals surface area contributed by atoms with Crippen molar-refractivity contribution in [2.24, 2.45) is 17.1 Å². The third-order valence-electron chi connectivity index (χ3n) is 10.4. The molecular weight excluding hydrogens is 506 g/mol. The molecule has 232 valence electrons. The highest BCUT2D eigenvalue weighted by atomic mass is 16.3. The van der Waals surface area contributed by atoms with E-state index in [9.17, 15) is 9.90 Å². The first-order chi connectivity index (χ1) is 19.6. The van der Waals surface area contributed by atoms with Crippen LogP contribution in [0.15, 0.2) is 47.1 Å². The summed E-state index contributed by atoms with van der Waals surface area (Å²) in [7, 11) is 2.04. The Morgan fingerprint density at radius 3 is 2.49 bits per heavy atom. The van der Waals surface area contributed by atoms with Gasteiger partial charge in [-0.25, -0.2) is 0 Å². The van der Waals surface area contributed by atoms with E-state index in [-0.39, 0.29) is 22.9 Å². The molecule has 2 aliphatic carbocycles. The molecule has 3 rings (SSSR count). The predicted molar refractivity (Wildman–Crippen MR) is 174 cm³/mol. The standard InChI is InChI=1S/C36H61N3O2/c1-8-13-28(14-9-2)34(41)38(7)33(15-10-3)31(12-5)36(18-11-4)22-24-39(23-21-35(37)19-20-35)27(6)25-29-16-17-30(40)26-32(29)36/h8,13-14,16-17,27,30-31,33,40H,9-12,15,18-26,37H2,1-7H3/b13-8-,28-14+/t27?,30-,31?,33?,36?/m1/s1. The van der Waals surface area contributed by atoms with Crippen molar-refractivity contribution in [1.82, 2.24) is 9.80 Å². The number of hydrogen-bond donors (Lipinski definition) is 2. The van der Waals surface area contributed by atoms with E-state index in [0.717, 1.165) is 95.7 Å². The summed E-state index contributed by atoms with van der Waals surface area (Å²) in [5, 5.41) is 11.0. The molecule has 3 N–H and O–H groups in total. The lowest BCUT2D eigenvalue weighted by molar-refractivity contribution is -0.130. The van der Waals surface area contributed by atoms with Gasteiger partial charge in [0.1, 0.15) is 0 Å². The zero-order valence-corrected chi connectivity index (χ0v) is 27.4. The maximum Gasteiger partial charge on any atom is 0.253 e. The largest absolute Gasteiger partial charge is 0.389 e. The van der Waals surface area contributed by atoms with Crippen LogP contribution in [-0.4, -0.2) is 64.7 Å². The van der Waals surface area contributed by atoms with Crippen molar-refractivity contribution < 1.29 is 9.90 Å². The van der Waals surface area contributed by atoms with Gasteiger partial charge >= 0.3 is 0 Å². The average Bonchev–Trinajstić information content (AvgIpc) is 3.68. The molecule has 0 aromatic rings. The summed E-state index contributed by atoms with van der Waals surface area (Å²) in [4.78, 5) is 18.7. The second kappa shape index (κ2) is 15.2. The number of aliphatic hydroxyl groups excluding tert-OH is 1. The predicted octanol–water partition coefficient (Wildman–Crippen LogP) is 7.32. The first kappa shape index (κ1) is 33.8. The number of rotatable bonds is 14. The van der Waals surface area contributed by atoms with Gasteiger partial charge in [0.2, 0.25) is 0 Å². The monoisotopic (exact) mass is 567 g/mol. The molecule has 5 nitrogen and oxygen atoms in total. The molecule has 5 heteroatoms. The molecule has 0 saturated heterocycles. The average molecular weight is 568 g/mol. The Hall–Kier alpha value is -1.69. The van der Waals surface area contributed by atoms with E-state index < -0.39 is 6.10 Å². The third kappa shape index (κ3) is 8.03. The fraction of sp³-hybridized carbons (Fsp3) is 0.750. The Kier molecular flexibility index (Phi) is 12.5. The second-order valence-corrected chi connectivity index (χ2v) is 13.3. The molecule has 3 aliphatic rings. The highest BCUT2D eigenvalue weighted by molar-refractivity contribution is 5.96. The minimum atomic E-state index is -0.432. The summed E-state index contributed by atoms with van der Waals surface area (Å²) >= 11 is 0. The van der Waals surface area contributed by atoms with E-state index in [4.69, 9.17) is 5.73 Å². The van der Waals surface area contributed by atoms with Gasteiger partial charge in [0, 0.05) is 36.8 Å². The lowest BCUT2D eigenvalue weighted by Crippen LogP contribution is -2.52. The molecule has 1 fully saturated rings. The van der Waals surface area contributed by atoms with Crippen LogP contribution >= 0.6 is 0 Å². The fourth-order valence-corrected chi connectivity index (χ4v) is 8.01. The SMILES string of the molecule is C/C=C\C(=C/CC)C(=O)N(C)C(CCC)C(CC)C1(CCC)CCN(CCC2(N)CC2)C(C)CC2=C1C[C@H](O)C=C2. The molecule has 1 amide bonds. The molecular formula is C36H61N3O2. The number of nitrogens with two attached hydrogens (primary N) is 1. The highest BCUT2D eigenvalue weighted by Crippen LogP contribution is 2.53. The first-order valence-corrected chi connectivity index (χ1v) is 16.8. The maximum atomic E-state index is 14.0. The van der Waals surface area contributed by atoms with E-state index in [0.29, 0.717) is 12.0 Å². The lowest BCUT2D eigenvalue weighted by Gasteiger charge is -2.52. The number of aliphatic hydroxyl groups is 1. The summed E-state index contributed by atoms with van der Waals surface area (Å²) in [5.41, 5.74) is 10.2. The molecule has 0 radical (unpaired) electrons. The van der Waals surface area contributed by atoms with Crippen LogP contribution in [0.25, 0.3) is 0 Å². The summed E-state index contributed by atoms with van der Waals surface area (Å²) in [6.07, 6.45) is 22.0. The molecule has 4 unspecified atom stereocenters. The van der Waals surface area contributed by atoms with Crippen LogP contribution in [0.3, 0.4) is 0 Å². The molecule has 1 saturated carbocycles. The van der Waals surface area contributed by atoms with E-state index in [1.165, 1.54) is 11.1 Å². The number of nitrogens with zero attached hydrogens (tertiary/aromatic N) is 2. The minimum absolute atomic E-state index is 0.0553. The normalized spacial score (nSPS) is 28.3. The summed E-state index contributed by atoms with van der Waals surface area (Å²) in [6.45, 7) is 15.4.